The van der Waals surface area contributed by atoms with Crippen molar-refractivity contribution in [3.8, 4) is 0 Å². The number of aryl methyl sites for hydroxylation is 1. The highest BCUT2D eigenvalue weighted by molar-refractivity contribution is 7.10. The lowest BCUT2D eigenvalue weighted by molar-refractivity contribution is 0.0880. The molecule has 0 spiro atoms. The third-order valence-corrected chi connectivity index (χ3v) is 4.87. The molecule has 2 N–H and O–H groups in total. The smallest absolute Gasteiger partial charge is 0.0593 e. The van der Waals surface area contributed by atoms with Crippen molar-refractivity contribution in [3.63, 3.8) is 0 Å². The Morgan fingerprint density at radius 1 is 1.53 bits per heavy atom. The molecule has 4 heteroatoms. The van der Waals surface area contributed by atoms with Gasteiger partial charge in [0.1, 0.15) is 0 Å². The van der Waals surface area contributed by atoms with Crippen LogP contribution >= 0.6 is 11.3 Å². The lowest BCUT2D eigenvalue weighted by atomic mass is 10.0. The highest BCUT2D eigenvalue weighted by Gasteiger charge is 2.24. The van der Waals surface area contributed by atoms with Crippen LogP contribution in [0.25, 0.3) is 0 Å². The van der Waals surface area contributed by atoms with E-state index in [1.807, 2.05) is 0 Å². The second kappa shape index (κ2) is 6.84. The number of rotatable bonds is 8. The fourth-order valence-electron chi connectivity index (χ4n) is 2.41. The minimum absolute atomic E-state index is 0.130. The van der Waals surface area contributed by atoms with Gasteiger partial charge in [-0.2, -0.15) is 0 Å². The van der Waals surface area contributed by atoms with Crippen LogP contribution in [-0.2, 0) is 4.74 Å². The third kappa shape index (κ3) is 4.28. The normalized spacial score (nSPS) is 18.8. The number of thiophene rings is 1. The Morgan fingerprint density at radius 3 is 2.79 bits per heavy atom. The molecule has 2 atom stereocenters. The summed E-state index contributed by atoms with van der Waals surface area (Å²) in [4.78, 5) is 3.72. The molecular formula is C15H26N2OS. The fourth-order valence-corrected chi connectivity index (χ4v) is 3.62. The number of nitrogens with zero attached hydrogens (tertiary/aromatic N) is 1. The van der Waals surface area contributed by atoms with Crippen LogP contribution in [0.3, 0.4) is 0 Å². The third-order valence-electron chi connectivity index (χ3n) is 3.78. The first-order chi connectivity index (χ1) is 9.09. The van der Waals surface area contributed by atoms with Gasteiger partial charge in [0.25, 0.3) is 0 Å². The first kappa shape index (κ1) is 15.0. The van der Waals surface area contributed by atoms with Gasteiger partial charge in [0.2, 0.25) is 0 Å². The van der Waals surface area contributed by atoms with Crippen LogP contribution in [0.2, 0.25) is 0 Å². The maximum atomic E-state index is 6.18. The van der Waals surface area contributed by atoms with Gasteiger partial charge in [-0.3, -0.25) is 4.90 Å². The van der Waals surface area contributed by atoms with E-state index in [1.54, 1.807) is 11.3 Å². The summed E-state index contributed by atoms with van der Waals surface area (Å²) in [5.74, 6) is 0.842. The second-order valence-electron chi connectivity index (χ2n) is 5.77. The Labute approximate surface area is 120 Å². The monoisotopic (exact) mass is 282 g/mol. The molecule has 0 radical (unpaired) electrons. The van der Waals surface area contributed by atoms with Gasteiger partial charge in [-0.05, 0) is 56.7 Å². The van der Waals surface area contributed by atoms with Gasteiger partial charge >= 0.3 is 0 Å². The first-order valence-corrected chi connectivity index (χ1v) is 8.05. The molecule has 1 aromatic heterocycles. The van der Waals surface area contributed by atoms with Crippen LogP contribution in [0, 0.1) is 12.8 Å². The summed E-state index contributed by atoms with van der Waals surface area (Å²) < 4.78 is 5.73. The quantitative estimate of drug-likeness (QED) is 0.745. The summed E-state index contributed by atoms with van der Waals surface area (Å²) in [5.41, 5.74) is 7.53. The maximum Gasteiger partial charge on any atom is 0.0593 e. The summed E-state index contributed by atoms with van der Waals surface area (Å²) in [6.07, 6.45) is 2.71. The molecule has 0 aliphatic heterocycles. The first-order valence-electron chi connectivity index (χ1n) is 7.17. The molecule has 0 aromatic carbocycles. The van der Waals surface area contributed by atoms with Crippen molar-refractivity contribution >= 4 is 11.3 Å². The molecule has 2 unspecified atom stereocenters. The van der Waals surface area contributed by atoms with E-state index in [2.05, 4.69) is 37.2 Å². The van der Waals surface area contributed by atoms with Crippen molar-refractivity contribution < 1.29 is 4.74 Å². The highest BCUT2D eigenvalue weighted by atomic mass is 32.1. The van der Waals surface area contributed by atoms with Gasteiger partial charge in [-0.15, -0.1) is 11.3 Å². The van der Waals surface area contributed by atoms with E-state index in [4.69, 9.17) is 10.5 Å². The summed E-state index contributed by atoms with van der Waals surface area (Å²) in [5, 5.41) is 2.15. The van der Waals surface area contributed by atoms with E-state index in [9.17, 15) is 0 Å². The summed E-state index contributed by atoms with van der Waals surface area (Å²) in [7, 11) is 2.15. The molecular weight excluding hydrogens is 256 g/mol. The topological polar surface area (TPSA) is 38.5 Å². The van der Waals surface area contributed by atoms with Gasteiger partial charge in [0, 0.05) is 24.1 Å². The van der Waals surface area contributed by atoms with E-state index >= 15 is 0 Å². The standard InChI is InChI=1S/C15H26N2OS/c1-11-6-9-19-15(11)14(12(2)16)17(3)7-8-18-10-13-4-5-13/h6,9,12-14H,4-5,7-8,10,16H2,1-3H3. The Morgan fingerprint density at radius 2 is 2.26 bits per heavy atom. The zero-order valence-corrected chi connectivity index (χ0v) is 13.1. The van der Waals surface area contributed by atoms with Crippen LogP contribution in [0.15, 0.2) is 11.4 Å². The predicted molar refractivity (Wildman–Crippen MR) is 81.6 cm³/mol. The molecule has 108 valence electrons. The molecule has 0 saturated heterocycles. The number of hydrogen-bond acceptors (Lipinski definition) is 4. The van der Waals surface area contributed by atoms with Gasteiger partial charge in [-0.1, -0.05) is 0 Å². The molecule has 0 amide bonds. The Kier molecular flexibility index (Phi) is 5.39. The van der Waals surface area contributed by atoms with E-state index in [0.29, 0.717) is 6.04 Å². The van der Waals surface area contributed by atoms with E-state index in [-0.39, 0.29) is 6.04 Å². The zero-order chi connectivity index (χ0) is 13.8. The van der Waals surface area contributed by atoms with Crippen molar-refractivity contribution in [2.75, 3.05) is 26.8 Å². The Bertz CT molecular complexity index is 387. The second-order valence-corrected chi connectivity index (χ2v) is 6.72. The SMILES string of the molecule is Cc1ccsc1C(C(C)N)N(C)CCOCC1CC1. The minimum Gasteiger partial charge on any atom is -0.380 e. The molecule has 0 bridgehead atoms. The van der Waals surface area contributed by atoms with Crippen LogP contribution in [-0.4, -0.2) is 37.7 Å². The van der Waals surface area contributed by atoms with Crippen molar-refractivity contribution in [1.82, 2.24) is 4.90 Å². The lowest BCUT2D eigenvalue weighted by Gasteiger charge is -2.31. The Hall–Kier alpha value is -0.420. The maximum absolute atomic E-state index is 6.18. The number of likely N-dealkylation sites (N-methyl/N-ethyl adjacent to an activating group) is 1. The predicted octanol–water partition coefficient (Wildman–Crippen LogP) is 2.80. The minimum atomic E-state index is 0.130. The molecule has 2 rings (SSSR count). The fraction of sp³-hybridized carbons (Fsp3) is 0.733. The number of hydrogen-bond donors (Lipinski definition) is 1. The largest absolute Gasteiger partial charge is 0.380 e. The summed E-state index contributed by atoms with van der Waals surface area (Å²) in [6, 6.07) is 2.60. The average molecular weight is 282 g/mol. The highest BCUT2D eigenvalue weighted by Crippen LogP contribution is 2.30. The number of ether oxygens (including phenoxy) is 1. The van der Waals surface area contributed by atoms with E-state index < -0.39 is 0 Å². The molecule has 1 saturated carbocycles. The van der Waals surface area contributed by atoms with Gasteiger partial charge < -0.3 is 10.5 Å². The lowest BCUT2D eigenvalue weighted by Crippen LogP contribution is -2.38. The van der Waals surface area contributed by atoms with Crippen molar-refractivity contribution in [3.05, 3.63) is 21.9 Å². The van der Waals surface area contributed by atoms with Crippen molar-refractivity contribution in [2.24, 2.45) is 11.7 Å². The van der Waals surface area contributed by atoms with Gasteiger partial charge in [0.15, 0.2) is 0 Å². The summed E-state index contributed by atoms with van der Waals surface area (Å²) >= 11 is 1.81. The van der Waals surface area contributed by atoms with Crippen LogP contribution in [0.5, 0.6) is 0 Å². The van der Waals surface area contributed by atoms with Crippen LogP contribution in [0.4, 0.5) is 0 Å². The Balaban J connectivity index is 1.85. The van der Waals surface area contributed by atoms with E-state index in [1.165, 1.54) is 23.3 Å². The van der Waals surface area contributed by atoms with Crippen LogP contribution < -0.4 is 5.73 Å². The number of nitrogens with two attached hydrogens (primary N) is 1. The van der Waals surface area contributed by atoms with Gasteiger partial charge in [0.05, 0.1) is 12.6 Å². The molecule has 1 aromatic rings. The average Bonchev–Trinajstić information content (AvgIpc) is 3.09. The van der Waals surface area contributed by atoms with Crippen LogP contribution in [0.1, 0.15) is 36.2 Å². The van der Waals surface area contributed by atoms with Crippen molar-refractivity contribution in [2.45, 2.75) is 38.8 Å². The zero-order valence-electron chi connectivity index (χ0n) is 12.3. The molecule has 19 heavy (non-hydrogen) atoms. The molecule has 1 heterocycles. The van der Waals surface area contributed by atoms with E-state index in [0.717, 1.165) is 25.7 Å². The molecule has 1 aliphatic rings. The molecule has 1 fully saturated rings. The summed E-state index contributed by atoms with van der Waals surface area (Å²) in [6.45, 7) is 6.94. The van der Waals surface area contributed by atoms with Gasteiger partial charge in [-0.25, -0.2) is 0 Å². The molecule has 3 nitrogen and oxygen atoms in total. The molecule has 1 aliphatic carbocycles. The van der Waals surface area contributed by atoms with Crippen molar-refractivity contribution in [1.29, 1.82) is 0 Å².